The quantitative estimate of drug-likeness (QED) is 0.610. The van der Waals surface area contributed by atoms with Crippen molar-refractivity contribution in [3.63, 3.8) is 0 Å². The van der Waals surface area contributed by atoms with Crippen LogP contribution in [0.2, 0.25) is 0 Å². The molecular formula is C26H45N3O4. The van der Waals surface area contributed by atoms with Gasteiger partial charge in [0.25, 0.3) is 0 Å². The maximum atomic E-state index is 13.0. The SMILES string of the molecule is CCN(CC)C(=O)C1CCC(C2CCC3C(C2)N(C(=O)OC(C)C)C[C@H](C)N3C(C)=O)CC1. The zero-order valence-electron chi connectivity index (χ0n) is 21.6. The second kappa shape index (κ2) is 11.1. The Morgan fingerprint density at radius 1 is 0.939 bits per heavy atom. The third kappa shape index (κ3) is 5.65. The van der Waals surface area contributed by atoms with E-state index in [9.17, 15) is 14.4 Å². The van der Waals surface area contributed by atoms with Gasteiger partial charge < -0.3 is 19.4 Å². The molecule has 7 nitrogen and oxygen atoms in total. The number of carbonyl (C=O) groups excluding carboxylic acids is 3. The van der Waals surface area contributed by atoms with Crippen LogP contribution in [-0.2, 0) is 14.3 Å². The minimum Gasteiger partial charge on any atom is -0.447 e. The average molecular weight is 464 g/mol. The highest BCUT2D eigenvalue weighted by atomic mass is 16.6. The molecule has 4 atom stereocenters. The molecule has 0 N–H and O–H groups in total. The van der Waals surface area contributed by atoms with E-state index in [4.69, 9.17) is 4.74 Å². The second-order valence-electron chi connectivity index (χ2n) is 10.7. The summed E-state index contributed by atoms with van der Waals surface area (Å²) in [4.78, 5) is 44.1. The van der Waals surface area contributed by atoms with Crippen LogP contribution in [0.1, 0.15) is 86.5 Å². The van der Waals surface area contributed by atoms with Crippen molar-refractivity contribution in [3.05, 3.63) is 0 Å². The zero-order valence-corrected chi connectivity index (χ0v) is 21.6. The van der Waals surface area contributed by atoms with Gasteiger partial charge in [0.1, 0.15) is 0 Å². The Morgan fingerprint density at radius 2 is 1.55 bits per heavy atom. The Labute approximate surface area is 200 Å². The van der Waals surface area contributed by atoms with E-state index in [-0.39, 0.29) is 42.1 Å². The van der Waals surface area contributed by atoms with Gasteiger partial charge in [-0.3, -0.25) is 9.59 Å². The smallest absolute Gasteiger partial charge is 0.410 e. The van der Waals surface area contributed by atoms with E-state index in [0.717, 1.165) is 58.0 Å². The van der Waals surface area contributed by atoms with Gasteiger partial charge in [-0.2, -0.15) is 0 Å². The van der Waals surface area contributed by atoms with Crippen molar-refractivity contribution in [2.24, 2.45) is 17.8 Å². The standard InChI is InChI=1S/C26H45N3O4/c1-7-27(8-2)25(31)21-11-9-20(10-12-21)22-13-14-23-24(15-22)28(26(32)33-17(3)4)16-18(5)29(23)19(6)30/h17-18,20-24H,7-16H2,1-6H3/t18-,20?,21?,22?,23?,24?/m0/s1. The van der Waals surface area contributed by atoms with E-state index >= 15 is 0 Å². The molecule has 0 aromatic carbocycles. The highest BCUT2D eigenvalue weighted by Gasteiger charge is 2.48. The fourth-order valence-corrected chi connectivity index (χ4v) is 6.74. The van der Waals surface area contributed by atoms with Crippen molar-refractivity contribution < 1.29 is 19.1 Å². The van der Waals surface area contributed by atoms with Crippen molar-refractivity contribution >= 4 is 17.9 Å². The average Bonchev–Trinajstić information content (AvgIpc) is 2.78. The summed E-state index contributed by atoms with van der Waals surface area (Å²) in [5.74, 6) is 1.72. The molecule has 7 heteroatoms. The molecule has 0 bridgehead atoms. The monoisotopic (exact) mass is 463 g/mol. The van der Waals surface area contributed by atoms with Gasteiger partial charge in [-0.15, -0.1) is 0 Å². The molecule has 3 unspecified atom stereocenters. The molecule has 1 heterocycles. The summed E-state index contributed by atoms with van der Waals surface area (Å²) in [5.41, 5.74) is 0. The third-order valence-electron chi connectivity index (χ3n) is 8.31. The fourth-order valence-electron chi connectivity index (χ4n) is 6.74. The van der Waals surface area contributed by atoms with E-state index in [1.54, 1.807) is 6.92 Å². The first kappa shape index (κ1) is 25.8. The number of rotatable bonds is 5. The molecule has 0 spiro atoms. The number of hydrogen-bond acceptors (Lipinski definition) is 4. The first-order valence-corrected chi connectivity index (χ1v) is 13.2. The molecule has 3 amide bonds. The summed E-state index contributed by atoms with van der Waals surface area (Å²) in [6.45, 7) is 13.7. The molecule has 0 radical (unpaired) electrons. The van der Waals surface area contributed by atoms with Crippen molar-refractivity contribution in [1.29, 1.82) is 0 Å². The van der Waals surface area contributed by atoms with Crippen LogP contribution in [0.3, 0.4) is 0 Å². The van der Waals surface area contributed by atoms with E-state index in [2.05, 4.69) is 13.8 Å². The molecule has 3 rings (SSSR count). The minimum atomic E-state index is -0.246. The summed E-state index contributed by atoms with van der Waals surface area (Å²) in [6.07, 6.45) is 6.66. The molecule has 0 aromatic heterocycles. The molecule has 1 saturated heterocycles. The molecule has 2 saturated carbocycles. The number of nitrogens with zero attached hydrogens (tertiary/aromatic N) is 3. The minimum absolute atomic E-state index is 0.00143. The topological polar surface area (TPSA) is 70.2 Å². The maximum absolute atomic E-state index is 13.0. The van der Waals surface area contributed by atoms with Gasteiger partial charge in [-0.1, -0.05) is 0 Å². The van der Waals surface area contributed by atoms with E-state index in [1.165, 1.54) is 0 Å². The van der Waals surface area contributed by atoms with Crippen LogP contribution >= 0.6 is 0 Å². The zero-order chi connectivity index (χ0) is 24.3. The lowest BCUT2D eigenvalue weighted by atomic mass is 9.68. The Balaban J connectivity index is 1.68. The van der Waals surface area contributed by atoms with Crippen molar-refractivity contribution in [2.45, 2.75) is 111 Å². The highest BCUT2D eigenvalue weighted by molar-refractivity contribution is 5.79. The summed E-state index contributed by atoms with van der Waals surface area (Å²) in [5, 5.41) is 0. The van der Waals surface area contributed by atoms with Crippen molar-refractivity contribution in [1.82, 2.24) is 14.7 Å². The normalized spacial score (nSPS) is 32.3. The fraction of sp³-hybridized carbons (Fsp3) is 0.885. The predicted octanol–water partition coefficient (Wildman–Crippen LogP) is 4.30. The Kier molecular flexibility index (Phi) is 8.68. The van der Waals surface area contributed by atoms with E-state index in [0.29, 0.717) is 24.3 Å². The molecule has 3 aliphatic rings. The number of amides is 3. The van der Waals surface area contributed by atoms with Gasteiger partial charge in [-0.25, -0.2) is 4.79 Å². The van der Waals surface area contributed by atoms with Crippen LogP contribution in [0, 0.1) is 17.8 Å². The Hall–Kier alpha value is -1.79. The molecule has 188 valence electrons. The summed E-state index contributed by atoms with van der Waals surface area (Å²) in [7, 11) is 0. The van der Waals surface area contributed by atoms with Crippen LogP contribution in [-0.4, -0.2) is 76.5 Å². The maximum Gasteiger partial charge on any atom is 0.410 e. The lowest BCUT2D eigenvalue weighted by molar-refractivity contribution is -0.142. The molecule has 3 fully saturated rings. The van der Waals surface area contributed by atoms with Gasteiger partial charge >= 0.3 is 6.09 Å². The second-order valence-corrected chi connectivity index (χ2v) is 10.7. The van der Waals surface area contributed by atoms with Crippen molar-refractivity contribution in [3.8, 4) is 0 Å². The number of carbonyl (C=O) groups is 3. The van der Waals surface area contributed by atoms with Gasteiger partial charge in [0.15, 0.2) is 0 Å². The van der Waals surface area contributed by atoms with E-state index in [1.807, 2.05) is 35.5 Å². The van der Waals surface area contributed by atoms with Gasteiger partial charge in [0.2, 0.25) is 11.8 Å². The molecule has 2 aliphatic carbocycles. The summed E-state index contributed by atoms with van der Waals surface area (Å²) >= 11 is 0. The Morgan fingerprint density at radius 3 is 2.09 bits per heavy atom. The molecular weight excluding hydrogens is 418 g/mol. The molecule has 33 heavy (non-hydrogen) atoms. The van der Waals surface area contributed by atoms with Gasteiger partial charge in [0.05, 0.1) is 18.2 Å². The predicted molar refractivity (Wildman–Crippen MR) is 129 cm³/mol. The largest absolute Gasteiger partial charge is 0.447 e. The van der Waals surface area contributed by atoms with Gasteiger partial charge in [0, 0.05) is 38.5 Å². The van der Waals surface area contributed by atoms with Crippen LogP contribution in [0.15, 0.2) is 0 Å². The summed E-state index contributed by atoms with van der Waals surface area (Å²) in [6, 6.07) is 0.0921. The van der Waals surface area contributed by atoms with Gasteiger partial charge in [-0.05, 0) is 91.4 Å². The third-order valence-corrected chi connectivity index (χ3v) is 8.31. The van der Waals surface area contributed by atoms with E-state index < -0.39 is 0 Å². The lowest BCUT2D eigenvalue weighted by Crippen LogP contribution is -2.67. The highest BCUT2D eigenvalue weighted by Crippen LogP contribution is 2.44. The number of hydrogen-bond donors (Lipinski definition) is 0. The van der Waals surface area contributed by atoms with Crippen LogP contribution in [0.5, 0.6) is 0 Å². The van der Waals surface area contributed by atoms with Crippen LogP contribution in [0.4, 0.5) is 4.79 Å². The summed E-state index contributed by atoms with van der Waals surface area (Å²) < 4.78 is 5.59. The van der Waals surface area contributed by atoms with Crippen molar-refractivity contribution in [2.75, 3.05) is 19.6 Å². The number of fused-ring (bicyclic) bond motifs is 1. The molecule has 0 aromatic rings. The Bertz CT molecular complexity index is 700. The molecule has 1 aliphatic heterocycles. The number of piperazine rings is 1. The number of ether oxygens (including phenoxy) is 1. The van der Waals surface area contributed by atoms with Crippen LogP contribution in [0.25, 0.3) is 0 Å². The van der Waals surface area contributed by atoms with Crippen LogP contribution < -0.4 is 0 Å². The first-order valence-electron chi connectivity index (χ1n) is 13.2. The first-order chi connectivity index (χ1) is 15.7. The lowest BCUT2D eigenvalue weighted by Gasteiger charge is -2.54.